The van der Waals surface area contributed by atoms with Gasteiger partial charge in [0.15, 0.2) is 0 Å². The Morgan fingerprint density at radius 3 is 3.06 bits per heavy atom. The number of H-pyrrole nitrogens is 1. The van der Waals surface area contributed by atoms with Crippen LogP contribution in [0.3, 0.4) is 0 Å². The van der Waals surface area contributed by atoms with Crippen LogP contribution in [-0.2, 0) is 13.5 Å². The summed E-state index contributed by atoms with van der Waals surface area (Å²) >= 11 is 3.70. The van der Waals surface area contributed by atoms with Gasteiger partial charge in [-0.2, -0.15) is 5.10 Å². The van der Waals surface area contributed by atoms with E-state index in [0.29, 0.717) is 0 Å². The summed E-state index contributed by atoms with van der Waals surface area (Å²) in [7, 11) is 1.86. The number of pyridine rings is 1. The zero-order chi connectivity index (χ0) is 12.2. The Labute approximate surface area is 107 Å². The van der Waals surface area contributed by atoms with Crippen LogP contribution >= 0.6 is 15.9 Å². The van der Waals surface area contributed by atoms with Gasteiger partial charge in [0.05, 0.1) is 5.69 Å². The minimum absolute atomic E-state index is 0.0413. The number of aryl methyl sites for hydroxylation is 2. The van der Waals surface area contributed by atoms with Crippen molar-refractivity contribution in [1.82, 2.24) is 14.8 Å². The molecular formula is C12H14BrN3O. The molecule has 0 aliphatic heterocycles. The Bertz CT molecular complexity index is 656. The van der Waals surface area contributed by atoms with E-state index < -0.39 is 0 Å². The maximum Gasteiger partial charge on any atom is 0.253 e. The van der Waals surface area contributed by atoms with Crippen molar-refractivity contribution in [2.24, 2.45) is 7.05 Å². The van der Waals surface area contributed by atoms with Crippen molar-refractivity contribution < 1.29 is 0 Å². The molecule has 3 rings (SSSR count). The van der Waals surface area contributed by atoms with Gasteiger partial charge in [0.25, 0.3) is 5.56 Å². The molecule has 0 saturated carbocycles. The van der Waals surface area contributed by atoms with Crippen LogP contribution in [0, 0.1) is 6.92 Å². The van der Waals surface area contributed by atoms with E-state index >= 15 is 0 Å². The number of aromatic amines is 1. The lowest BCUT2D eigenvalue weighted by molar-refractivity contribution is 0.677. The second kappa shape index (κ2) is 3.70. The van der Waals surface area contributed by atoms with Gasteiger partial charge in [-0.25, -0.2) is 0 Å². The molecule has 0 aromatic carbocycles. The van der Waals surface area contributed by atoms with Gasteiger partial charge in [-0.15, -0.1) is 0 Å². The summed E-state index contributed by atoms with van der Waals surface area (Å²) in [6.07, 6.45) is 3.02. The molecule has 1 N–H and O–H groups in total. The third kappa shape index (κ3) is 1.48. The van der Waals surface area contributed by atoms with E-state index in [1.54, 1.807) is 4.68 Å². The monoisotopic (exact) mass is 295 g/mol. The first-order valence-electron chi connectivity index (χ1n) is 5.82. The first kappa shape index (κ1) is 11.0. The lowest BCUT2D eigenvalue weighted by atomic mass is 9.90. The van der Waals surface area contributed by atoms with Crippen molar-refractivity contribution in [3.8, 4) is 0 Å². The Morgan fingerprint density at radius 1 is 1.53 bits per heavy atom. The average Bonchev–Trinajstić information content (AvgIpc) is 2.55. The van der Waals surface area contributed by atoms with Crippen molar-refractivity contribution in [2.75, 3.05) is 0 Å². The number of rotatable bonds is 0. The number of fused-ring (bicyclic) bond motifs is 3. The number of alkyl halides is 1. The fourth-order valence-electron chi connectivity index (χ4n) is 2.78. The van der Waals surface area contributed by atoms with Gasteiger partial charge in [0.1, 0.15) is 5.65 Å². The Hall–Kier alpha value is -1.10. The number of halogens is 1. The van der Waals surface area contributed by atoms with Crippen LogP contribution in [0.1, 0.15) is 34.5 Å². The second-order valence-electron chi connectivity index (χ2n) is 4.64. The van der Waals surface area contributed by atoms with Gasteiger partial charge in [0, 0.05) is 22.8 Å². The van der Waals surface area contributed by atoms with E-state index in [-0.39, 0.29) is 10.4 Å². The van der Waals surface area contributed by atoms with Gasteiger partial charge in [-0.1, -0.05) is 15.9 Å². The Morgan fingerprint density at radius 2 is 2.29 bits per heavy atom. The van der Waals surface area contributed by atoms with Gasteiger partial charge in [-0.3, -0.25) is 9.48 Å². The normalized spacial score (nSPS) is 19.6. The van der Waals surface area contributed by atoms with Crippen LogP contribution in [0.15, 0.2) is 4.79 Å². The number of hydrogen-bond donors (Lipinski definition) is 1. The average molecular weight is 296 g/mol. The predicted octanol–water partition coefficient (Wildman–Crippen LogP) is 2.34. The van der Waals surface area contributed by atoms with E-state index in [1.807, 2.05) is 14.0 Å². The topological polar surface area (TPSA) is 50.7 Å². The molecular weight excluding hydrogens is 282 g/mol. The first-order valence-corrected chi connectivity index (χ1v) is 6.73. The summed E-state index contributed by atoms with van der Waals surface area (Å²) in [5.41, 5.74) is 3.95. The van der Waals surface area contributed by atoms with E-state index in [0.717, 1.165) is 47.1 Å². The van der Waals surface area contributed by atoms with E-state index in [9.17, 15) is 4.79 Å². The van der Waals surface area contributed by atoms with Crippen molar-refractivity contribution in [2.45, 2.75) is 31.0 Å². The fourth-order valence-corrected chi connectivity index (χ4v) is 3.61. The molecule has 1 atom stereocenters. The molecule has 0 bridgehead atoms. The molecule has 0 saturated heterocycles. The molecule has 2 heterocycles. The maximum atomic E-state index is 12.1. The largest absolute Gasteiger partial charge is 0.307 e. The van der Waals surface area contributed by atoms with Crippen LogP contribution in [0.5, 0.6) is 0 Å². The third-order valence-corrected chi connectivity index (χ3v) is 4.44. The third-order valence-electron chi connectivity index (χ3n) is 3.52. The molecule has 1 aliphatic carbocycles. The molecule has 17 heavy (non-hydrogen) atoms. The Kier molecular flexibility index (Phi) is 2.40. The molecule has 0 amide bonds. The van der Waals surface area contributed by atoms with Crippen LogP contribution < -0.4 is 5.56 Å². The minimum atomic E-state index is 0.0413. The summed E-state index contributed by atoms with van der Waals surface area (Å²) in [4.78, 5) is 15.3. The number of nitrogens with one attached hydrogen (secondary N) is 1. The van der Waals surface area contributed by atoms with Crippen molar-refractivity contribution in [1.29, 1.82) is 0 Å². The molecule has 0 spiro atoms. The summed E-state index contributed by atoms with van der Waals surface area (Å²) in [6.45, 7) is 2.00. The molecule has 1 unspecified atom stereocenters. The smallest absolute Gasteiger partial charge is 0.253 e. The molecule has 5 heteroatoms. The van der Waals surface area contributed by atoms with Crippen molar-refractivity contribution in [3.63, 3.8) is 0 Å². The number of hydrogen-bond acceptors (Lipinski definition) is 2. The highest BCUT2D eigenvalue weighted by Crippen LogP contribution is 2.39. The fraction of sp³-hybridized carbons (Fsp3) is 0.500. The van der Waals surface area contributed by atoms with Gasteiger partial charge >= 0.3 is 0 Å². The zero-order valence-corrected chi connectivity index (χ0v) is 11.5. The van der Waals surface area contributed by atoms with Crippen molar-refractivity contribution in [3.05, 3.63) is 27.2 Å². The molecule has 2 aromatic heterocycles. The van der Waals surface area contributed by atoms with Crippen molar-refractivity contribution >= 4 is 27.0 Å². The van der Waals surface area contributed by atoms with E-state index in [1.165, 1.54) is 0 Å². The summed E-state index contributed by atoms with van der Waals surface area (Å²) < 4.78 is 1.75. The van der Waals surface area contributed by atoms with Crippen LogP contribution in [0.25, 0.3) is 11.0 Å². The molecule has 2 aromatic rings. The Balaban J connectivity index is 2.51. The lowest BCUT2D eigenvalue weighted by Crippen LogP contribution is -2.20. The van der Waals surface area contributed by atoms with E-state index in [2.05, 4.69) is 26.0 Å². The van der Waals surface area contributed by atoms with Gasteiger partial charge in [-0.05, 0) is 31.7 Å². The quantitative estimate of drug-likeness (QED) is 0.759. The molecule has 4 nitrogen and oxygen atoms in total. The van der Waals surface area contributed by atoms with E-state index in [4.69, 9.17) is 0 Å². The van der Waals surface area contributed by atoms with Gasteiger partial charge < -0.3 is 4.98 Å². The standard InChI is InChI=1S/C12H14BrN3O/c1-6-9-10-7(4-3-5-8(10)13)12(17)14-11(9)16(2)15-6/h8H,3-5H2,1-2H3,(H,14,17). The van der Waals surface area contributed by atoms with Crippen LogP contribution in [0.2, 0.25) is 0 Å². The summed E-state index contributed by atoms with van der Waals surface area (Å²) in [6, 6.07) is 0. The number of aromatic nitrogens is 3. The minimum Gasteiger partial charge on any atom is -0.307 e. The predicted molar refractivity (Wildman–Crippen MR) is 70.7 cm³/mol. The second-order valence-corrected chi connectivity index (χ2v) is 5.74. The van der Waals surface area contributed by atoms with Gasteiger partial charge in [0.2, 0.25) is 0 Å². The molecule has 1 aliphatic rings. The molecule has 90 valence electrons. The number of nitrogens with zero attached hydrogens (tertiary/aromatic N) is 2. The van der Waals surface area contributed by atoms with Crippen LogP contribution in [0.4, 0.5) is 0 Å². The highest BCUT2D eigenvalue weighted by atomic mass is 79.9. The SMILES string of the molecule is Cc1nn(C)c2[nH]c(=O)c3c(c12)C(Br)CCC3. The maximum absolute atomic E-state index is 12.1. The lowest BCUT2D eigenvalue weighted by Gasteiger charge is -2.21. The van der Waals surface area contributed by atoms with Crippen LogP contribution in [-0.4, -0.2) is 14.8 Å². The highest BCUT2D eigenvalue weighted by molar-refractivity contribution is 9.09. The summed E-state index contributed by atoms with van der Waals surface area (Å²) in [5.74, 6) is 0. The molecule has 0 radical (unpaired) electrons. The molecule has 0 fully saturated rings. The zero-order valence-electron chi connectivity index (χ0n) is 9.88. The summed E-state index contributed by atoms with van der Waals surface area (Å²) in [5, 5.41) is 5.51. The first-order chi connectivity index (χ1) is 8.09. The highest BCUT2D eigenvalue weighted by Gasteiger charge is 2.25.